The second kappa shape index (κ2) is 5.13. The molecule has 2 aromatic carbocycles. The molecule has 0 saturated heterocycles. The van der Waals surface area contributed by atoms with Crippen molar-refractivity contribution in [3.63, 3.8) is 0 Å². The fraction of sp³-hybridized carbons (Fsp3) is 0.250. The van der Waals surface area contributed by atoms with Crippen LogP contribution in [-0.4, -0.2) is 10.2 Å². The minimum atomic E-state index is 0.314. The zero-order valence-corrected chi connectivity index (χ0v) is 10.8. The molecule has 2 nitrogen and oxygen atoms in total. The Morgan fingerprint density at radius 1 is 0.722 bits per heavy atom. The standard InChI is InChI=1S/C16H18O2/c1-3-11-5-7-13(9-15(11)17)14-8-6-12(4-2)16(18)10-14/h5-10,17-18H,3-4H2,1-2H3. The van der Waals surface area contributed by atoms with E-state index in [4.69, 9.17) is 0 Å². The molecule has 0 aliphatic heterocycles. The Morgan fingerprint density at radius 3 is 1.39 bits per heavy atom. The van der Waals surface area contributed by atoms with Crippen molar-refractivity contribution in [3.05, 3.63) is 47.5 Å². The third kappa shape index (κ3) is 2.33. The van der Waals surface area contributed by atoms with E-state index in [1.54, 1.807) is 12.1 Å². The number of phenolic OH excluding ortho intramolecular Hbond substituents is 2. The molecular weight excluding hydrogens is 224 g/mol. The number of benzene rings is 2. The van der Waals surface area contributed by atoms with Gasteiger partial charge in [-0.1, -0.05) is 38.1 Å². The summed E-state index contributed by atoms with van der Waals surface area (Å²) in [4.78, 5) is 0. The molecule has 2 aromatic rings. The van der Waals surface area contributed by atoms with E-state index in [0.717, 1.165) is 35.1 Å². The molecule has 0 aliphatic rings. The molecular formula is C16H18O2. The highest BCUT2D eigenvalue weighted by atomic mass is 16.3. The summed E-state index contributed by atoms with van der Waals surface area (Å²) in [5, 5.41) is 19.7. The van der Waals surface area contributed by atoms with Gasteiger partial charge in [-0.05, 0) is 47.2 Å². The van der Waals surface area contributed by atoms with E-state index in [2.05, 4.69) is 0 Å². The van der Waals surface area contributed by atoms with Gasteiger partial charge in [0.05, 0.1) is 0 Å². The first-order valence-electron chi connectivity index (χ1n) is 6.29. The second-order valence-corrected chi connectivity index (χ2v) is 4.39. The van der Waals surface area contributed by atoms with Crippen molar-refractivity contribution in [3.8, 4) is 22.6 Å². The average molecular weight is 242 g/mol. The molecule has 0 bridgehead atoms. The minimum Gasteiger partial charge on any atom is -0.508 e. The molecule has 0 spiro atoms. The van der Waals surface area contributed by atoms with Crippen molar-refractivity contribution >= 4 is 0 Å². The number of hydrogen-bond acceptors (Lipinski definition) is 2. The molecule has 0 heterocycles. The SMILES string of the molecule is CCc1ccc(-c2ccc(CC)c(O)c2)cc1O. The van der Waals surface area contributed by atoms with Gasteiger partial charge in [0.2, 0.25) is 0 Å². The largest absolute Gasteiger partial charge is 0.508 e. The molecule has 0 aromatic heterocycles. The van der Waals surface area contributed by atoms with Gasteiger partial charge in [-0.25, -0.2) is 0 Å². The number of hydrogen-bond donors (Lipinski definition) is 2. The summed E-state index contributed by atoms with van der Waals surface area (Å²) in [6, 6.07) is 11.3. The van der Waals surface area contributed by atoms with E-state index in [1.807, 2.05) is 38.1 Å². The third-order valence-corrected chi connectivity index (χ3v) is 3.27. The normalized spacial score (nSPS) is 10.6. The maximum atomic E-state index is 9.86. The Bertz CT molecular complexity index is 508. The van der Waals surface area contributed by atoms with Gasteiger partial charge in [-0.3, -0.25) is 0 Å². The van der Waals surface area contributed by atoms with Crippen LogP contribution in [0.4, 0.5) is 0 Å². The second-order valence-electron chi connectivity index (χ2n) is 4.39. The summed E-state index contributed by atoms with van der Waals surface area (Å²) in [6.07, 6.45) is 1.62. The van der Waals surface area contributed by atoms with Crippen molar-refractivity contribution in [2.45, 2.75) is 26.7 Å². The maximum Gasteiger partial charge on any atom is 0.119 e. The van der Waals surface area contributed by atoms with Crippen LogP contribution in [0.2, 0.25) is 0 Å². The van der Waals surface area contributed by atoms with Crippen LogP contribution >= 0.6 is 0 Å². The van der Waals surface area contributed by atoms with Crippen molar-refractivity contribution < 1.29 is 10.2 Å². The van der Waals surface area contributed by atoms with E-state index in [-0.39, 0.29) is 0 Å². The molecule has 0 fully saturated rings. The van der Waals surface area contributed by atoms with Gasteiger partial charge in [0.25, 0.3) is 0 Å². The molecule has 0 atom stereocenters. The van der Waals surface area contributed by atoms with Crippen LogP contribution in [0.15, 0.2) is 36.4 Å². The summed E-state index contributed by atoms with van der Waals surface area (Å²) in [6.45, 7) is 4.02. The van der Waals surface area contributed by atoms with Gasteiger partial charge in [-0.2, -0.15) is 0 Å². The Kier molecular flexibility index (Phi) is 3.56. The Labute approximate surface area is 108 Å². The van der Waals surface area contributed by atoms with E-state index in [9.17, 15) is 10.2 Å². The molecule has 0 unspecified atom stereocenters. The van der Waals surface area contributed by atoms with Crippen LogP contribution in [0.5, 0.6) is 11.5 Å². The van der Waals surface area contributed by atoms with Crippen molar-refractivity contribution in [1.29, 1.82) is 0 Å². The molecule has 94 valence electrons. The van der Waals surface area contributed by atoms with Crippen LogP contribution in [-0.2, 0) is 12.8 Å². The predicted molar refractivity (Wildman–Crippen MR) is 74.0 cm³/mol. The van der Waals surface area contributed by atoms with Crippen LogP contribution in [0.25, 0.3) is 11.1 Å². The van der Waals surface area contributed by atoms with Gasteiger partial charge >= 0.3 is 0 Å². The lowest BCUT2D eigenvalue weighted by Gasteiger charge is -2.08. The number of aromatic hydroxyl groups is 2. The van der Waals surface area contributed by atoms with Gasteiger partial charge in [0, 0.05) is 0 Å². The molecule has 0 amide bonds. The number of rotatable bonds is 3. The topological polar surface area (TPSA) is 40.5 Å². The fourth-order valence-corrected chi connectivity index (χ4v) is 2.08. The summed E-state index contributed by atoms with van der Waals surface area (Å²) in [5.41, 5.74) is 3.71. The summed E-state index contributed by atoms with van der Waals surface area (Å²) < 4.78 is 0. The minimum absolute atomic E-state index is 0.314. The molecule has 18 heavy (non-hydrogen) atoms. The Balaban J connectivity index is 2.42. The highest BCUT2D eigenvalue weighted by Gasteiger charge is 2.05. The first-order chi connectivity index (χ1) is 8.65. The van der Waals surface area contributed by atoms with E-state index in [0.29, 0.717) is 11.5 Å². The van der Waals surface area contributed by atoms with Crippen LogP contribution in [0, 0.1) is 0 Å². The molecule has 2 heteroatoms. The zero-order chi connectivity index (χ0) is 13.1. The Hall–Kier alpha value is -1.96. The number of aryl methyl sites for hydroxylation is 2. The molecule has 0 saturated carbocycles. The van der Waals surface area contributed by atoms with Gasteiger partial charge in [0.1, 0.15) is 11.5 Å². The summed E-state index contributed by atoms with van der Waals surface area (Å²) in [5.74, 6) is 0.628. The monoisotopic (exact) mass is 242 g/mol. The lowest BCUT2D eigenvalue weighted by Crippen LogP contribution is -1.86. The smallest absolute Gasteiger partial charge is 0.119 e. The maximum absolute atomic E-state index is 9.86. The van der Waals surface area contributed by atoms with E-state index in [1.165, 1.54) is 0 Å². The van der Waals surface area contributed by atoms with Crippen LogP contribution in [0.1, 0.15) is 25.0 Å². The third-order valence-electron chi connectivity index (χ3n) is 3.27. The predicted octanol–water partition coefficient (Wildman–Crippen LogP) is 3.89. The van der Waals surface area contributed by atoms with Gasteiger partial charge in [0.15, 0.2) is 0 Å². The van der Waals surface area contributed by atoms with E-state index < -0.39 is 0 Å². The van der Waals surface area contributed by atoms with Crippen molar-refractivity contribution in [1.82, 2.24) is 0 Å². The number of phenols is 2. The van der Waals surface area contributed by atoms with Gasteiger partial charge < -0.3 is 10.2 Å². The quantitative estimate of drug-likeness (QED) is 0.857. The summed E-state index contributed by atoms with van der Waals surface area (Å²) in [7, 11) is 0. The van der Waals surface area contributed by atoms with Crippen LogP contribution < -0.4 is 0 Å². The zero-order valence-electron chi connectivity index (χ0n) is 10.8. The van der Waals surface area contributed by atoms with Crippen LogP contribution in [0.3, 0.4) is 0 Å². The molecule has 0 radical (unpaired) electrons. The van der Waals surface area contributed by atoms with E-state index >= 15 is 0 Å². The molecule has 2 N–H and O–H groups in total. The highest BCUT2D eigenvalue weighted by molar-refractivity contribution is 5.68. The van der Waals surface area contributed by atoms with Gasteiger partial charge in [-0.15, -0.1) is 0 Å². The first-order valence-corrected chi connectivity index (χ1v) is 6.29. The lowest BCUT2D eigenvalue weighted by atomic mass is 10.00. The van der Waals surface area contributed by atoms with Crippen molar-refractivity contribution in [2.24, 2.45) is 0 Å². The highest BCUT2D eigenvalue weighted by Crippen LogP contribution is 2.30. The summed E-state index contributed by atoms with van der Waals surface area (Å²) >= 11 is 0. The lowest BCUT2D eigenvalue weighted by molar-refractivity contribution is 0.467. The fourth-order valence-electron chi connectivity index (χ4n) is 2.08. The first kappa shape index (κ1) is 12.5. The average Bonchev–Trinajstić information content (AvgIpc) is 2.38. The Morgan fingerprint density at radius 2 is 1.11 bits per heavy atom. The van der Waals surface area contributed by atoms with Crippen molar-refractivity contribution in [2.75, 3.05) is 0 Å². The molecule has 2 rings (SSSR count). The molecule has 0 aliphatic carbocycles.